The number of anilines is 1. The standard InChI is InChI=1S/C21H27ClN4O2.HI/c1-3-23-21(24-13-15-7-8-20(28-2)19(27)11-15)25-17-9-10-26(14-17)18-6-4-5-16(22)12-18;/h4-8,11-12,17,27H,3,9-10,13-14H2,1-2H3,(H2,23,24,25);1H. The molecule has 0 radical (unpaired) electrons. The Bertz CT molecular complexity index is 834. The smallest absolute Gasteiger partial charge is 0.191 e. The van der Waals surface area contributed by atoms with Crippen LogP contribution < -0.4 is 20.3 Å². The van der Waals surface area contributed by atoms with Crippen molar-refractivity contribution in [3.05, 3.63) is 53.1 Å². The summed E-state index contributed by atoms with van der Waals surface area (Å²) in [5, 5.41) is 17.5. The van der Waals surface area contributed by atoms with E-state index in [9.17, 15) is 5.11 Å². The van der Waals surface area contributed by atoms with Crippen molar-refractivity contribution >= 4 is 47.2 Å². The van der Waals surface area contributed by atoms with Crippen LogP contribution in [0.15, 0.2) is 47.5 Å². The van der Waals surface area contributed by atoms with Crippen LogP contribution in [-0.4, -0.2) is 43.9 Å². The van der Waals surface area contributed by atoms with Crippen LogP contribution in [0.4, 0.5) is 5.69 Å². The number of ether oxygens (including phenoxy) is 1. The fourth-order valence-corrected chi connectivity index (χ4v) is 3.49. The lowest BCUT2D eigenvalue weighted by molar-refractivity contribution is 0.373. The zero-order valence-corrected chi connectivity index (χ0v) is 19.8. The molecule has 1 fully saturated rings. The number of nitrogens with one attached hydrogen (secondary N) is 2. The summed E-state index contributed by atoms with van der Waals surface area (Å²) in [6.07, 6.45) is 1.03. The fourth-order valence-electron chi connectivity index (χ4n) is 3.30. The molecule has 8 heteroatoms. The Kier molecular flexibility index (Phi) is 9.16. The summed E-state index contributed by atoms with van der Waals surface area (Å²) in [7, 11) is 1.54. The van der Waals surface area contributed by atoms with Crippen molar-refractivity contribution in [1.29, 1.82) is 0 Å². The van der Waals surface area contributed by atoms with Crippen LogP contribution in [0.1, 0.15) is 18.9 Å². The zero-order valence-electron chi connectivity index (χ0n) is 16.7. The second-order valence-electron chi connectivity index (χ2n) is 6.76. The van der Waals surface area contributed by atoms with E-state index in [2.05, 4.69) is 26.6 Å². The molecule has 0 aliphatic carbocycles. The topological polar surface area (TPSA) is 69.1 Å². The zero-order chi connectivity index (χ0) is 19.9. The molecule has 3 rings (SSSR count). The van der Waals surface area contributed by atoms with E-state index in [0.29, 0.717) is 18.3 Å². The van der Waals surface area contributed by atoms with E-state index in [1.54, 1.807) is 12.1 Å². The molecule has 2 aromatic rings. The molecule has 1 heterocycles. The van der Waals surface area contributed by atoms with Crippen molar-refractivity contribution in [3.63, 3.8) is 0 Å². The maximum absolute atomic E-state index is 9.93. The van der Waals surface area contributed by atoms with Crippen molar-refractivity contribution in [2.75, 3.05) is 31.6 Å². The highest BCUT2D eigenvalue weighted by Crippen LogP contribution is 2.26. The Balaban J connectivity index is 0.00000300. The van der Waals surface area contributed by atoms with Gasteiger partial charge in [0.1, 0.15) is 0 Å². The molecular weight excluding hydrogens is 503 g/mol. The van der Waals surface area contributed by atoms with Gasteiger partial charge in [-0.3, -0.25) is 0 Å². The molecule has 1 aliphatic heterocycles. The quantitative estimate of drug-likeness (QED) is 0.299. The highest BCUT2D eigenvalue weighted by molar-refractivity contribution is 14.0. The summed E-state index contributed by atoms with van der Waals surface area (Å²) in [6, 6.07) is 13.6. The van der Waals surface area contributed by atoms with Crippen molar-refractivity contribution in [1.82, 2.24) is 10.6 Å². The first-order chi connectivity index (χ1) is 13.6. The Labute approximate surface area is 194 Å². The van der Waals surface area contributed by atoms with Gasteiger partial charge in [-0.15, -0.1) is 24.0 Å². The number of benzene rings is 2. The number of hydrogen-bond donors (Lipinski definition) is 3. The number of aromatic hydroxyl groups is 1. The summed E-state index contributed by atoms with van der Waals surface area (Å²) >= 11 is 6.12. The van der Waals surface area contributed by atoms with Gasteiger partial charge in [-0.25, -0.2) is 4.99 Å². The van der Waals surface area contributed by atoms with Crippen LogP contribution in [0, 0.1) is 0 Å². The number of hydrogen-bond acceptors (Lipinski definition) is 4. The molecule has 158 valence electrons. The second-order valence-corrected chi connectivity index (χ2v) is 7.19. The van der Waals surface area contributed by atoms with Crippen molar-refractivity contribution in [2.24, 2.45) is 4.99 Å². The lowest BCUT2D eigenvalue weighted by Gasteiger charge is -2.20. The van der Waals surface area contributed by atoms with Gasteiger partial charge < -0.3 is 25.4 Å². The van der Waals surface area contributed by atoms with E-state index in [1.165, 1.54) is 7.11 Å². The average molecular weight is 531 g/mol. The molecular formula is C21H28ClIN4O2. The molecule has 29 heavy (non-hydrogen) atoms. The Morgan fingerprint density at radius 2 is 2.14 bits per heavy atom. The Morgan fingerprint density at radius 1 is 1.31 bits per heavy atom. The van der Waals surface area contributed by atoms with Gasteiger partial charge in [0, 0.05) is 36.4 Å². The van der Waals surface area contributed by atoms with E-state index >= 15 is 0 Å². The molecule has 0 aromatic heterocycles. The minimum absolute atomic E-state index is 0. The number of halogens is 2. The monoisotopic (exact) mass is 530 g/mol. The maximum atomic E-state index is 9.93. The van der Waals surface area contributed by atoms with Crippen molar-refractivity contribution < 1.29 is 9.84 Å². The second kappa shape index (κ2) is 11.3. The van der Waals surface area contributed by atoms with Crippen LogP contribution in [0.5, 0.6) is 11.5 Å². The normalized spacial score (nSPS) is 16.3. The summed E-state index contributed by atoms with van der Waals surface area (Å²) < 4.78 is 5.08. The van der Waals surface area contributed by atoms with E-state index in [-0.39, 0.29) is 29.7 Å². The van der Waals surface area contributed by atoms with Gasteiger partial charge in [-0.05, 0) is 49.2 Å². The van der Waals surface area contributed by atoms with Gasteiger partial charge in [0.15, 0.2) is 17.5 Å². The van der Waals surface area contributed by atoms with Crippen molar-refractivity contribution in [3.8, 4) is 11.5 Å². The van der Waals surface area contributed by atoms with Gasteiger partial charge in [0.25, 0.3) is 0 Å². The molecule has 1 atom stereocenters. The summed E-state index contributed by atoms with van der Waals surface area (Å²) in [4.78, 5) is 6.99. The molecule has 1 aliphatic rings. The third-order valence-electron chi connectivity index (χ3n) is 4.71. The largest absolute Gasteiger partial charge is 0.504 e. The van der Waals surface area contributed by atoms with Crippen molar-refractivity contribution in [2.45, 2.75) is 25.9 Å². The Hall–Kier alpha value is -1.87. The summed E-state index contributed by atoms with van der Waals surface area (Å²) in [5.41, 5.74) is 2.06. The van der Waals surface area contributed by atoms with Crippen LogP contribution in [-0.2, 0) is 6.54 Å². The Morgan fingerprint density at radius 3 is 2.83 bits per heavy atom. The number of phenols is 1. The number of guanidine groups is 1. The van der Waals surface area contributed by atoms with Crippen LogP contribution in [0.25, 0.3) is 0 Å². The minimum atomic E-state index is 0. The number of phenolic OH excluding ortho intramolecular Hbond substituents is 1. The van der Waals surface area contributed by atoms with E-state index in [1.807, 2.05) is 31.2 Å². The predicted molar refractivity (Wildman–Crippen MR) is 130 cm³/mol. The van der Waals surface area contributed by atoms with Gasteiger partial charge in [-0.2, -0.15) is 0 Å². The molecule has 1 saturated heterocycles. The lowest BCUT2D eigenvalue weighted by atomic mass is 10.2. The summed E-state index contributed by atoms with van der Waals surface area (Å²) in [5.74, 6) is 1.36. The molecule has 1 unspecified atom stereocenters. The van der Waals surface area contributed by atoms with E-state index in [4.69, 9.17) is 16.3 Å². The number of nitrogens with zero attached hydrogens (tertiary/aromatic N) is 2. The predicted octanol–water partition coefficient (Wildman–Crippen LogP) is 4.01. The lowest BCUT2D eigenvalue weighted by Crippen LogP contribution is -2.44. The van der Waals surface area contributed by atoms with Crippen LogP contribution in [0.2, 0.25) is 5.02 Å². The first-order valence-corrected chi connectivity index (χ1v) is 9.88. The molecule has 0 bridgehead atoms. The number of rotatable bonds is 6. The molecule has 2 aromatic carbocycles. The van der Waals surface area contributed by atoms with Crippen LogP contribution >= 0.6 is 35.6 Å². The van der Waals surface area contributed by atoms with Gasteiger partial charge >= 0.3 is 0 Å². The third-order valence-corrected chi connectivity index (χ3v) is 4.94. The highest BCUT2D eigenvalue weighted by atomic mass is 127. The molecule has 3 N–H and O–H groups in total. The minimum Gasteiger partial charge on any atom is -0.504 e. The fraction of sp³-hybridized carbons (Fsp3) is 0.381. The highest BCUT2D eigenvalue weighted by Gasteiger charge is 2.23. The maximum Gasteiger partial charge on any atom is 0.191 e. The van der Waals surface area contributed by atoms with E-state index in [0.717, 1.165) is 48.3 Å². The SMILES string of the molecule is CCNC(=NCc1ccc(OC)c(O)c1)NC1CCN(c2cccc(Cl)c2)C1.I. The van der Waals surface area contributed by atoms with Gasteiger partial charge in [-0.1, -0.05) is 23.7 Å². The molecule has 0 spiro atoms. The molecule has 0 saturated carbocycles. The van der Waals surface area contributed by atoms with Crippen LogP contribution in [0.3, 0.4) is 0 Å². The number of aliphatic imine (C=N–C) groups is 1. The van der Waals surface area contributed by atoms with Gasteiger partial charge in [0.2, 0.25) is 0 Å². The molecule has 6 nitrogen and oxygen atoms in total. The van der Waals surface area contributed by atoms with Gasteiger partial charge in [0.05, 0.1) is 13.7 Å². The number of methoxy groups -OCH3 is 1. The first kappa shape index (κ1) is 23.4. The third kappa shape index (κ3) is 6.57. The van der Waals surface area contributed by atoms with E-state index < -0.39 is 0 Å². The first-order valence-electron chi connectivity index (χ1n) is 9.50. The molecule has 0 amide bonds. The average Bonchev–Trinajstić information content (AvgIpc) is 3.15. The summed E-state index contributed by atoms with van der Waals surface area (Å²) in [6.45, 7) is 5.17.